The standard InChI is InChI=1S/C25H28N4O4S/c1-17-15-23(29(27-17)20-11-14-34(32,33)16-20)26-24(30)19-9-12-28(13-10-19)25(31)22-8-4-6-18-5-2-3-7-21(18)22/h2-8,15,19-20H,9-14,16H2,1H3,(H,26,30). The van der Waals surface area contributed by atoms with Gasteiger partial charge in [-0.25, -0.2) is 13.1 Å². The number of benzene rings is 2. The molecule has 2 aliphatic heterocycles. The molecule has 3 heterocycles. The molecule has 0 radical (unpaired) electrons. The lowest BCUT2D eigenvalue weighted by Gasteiger charge is -2.31. The van der Waals surface area contributed by atoms with Crippen LogP contribution in [0.2, 0.25) is 0 Å². The third-order valence-electron chi connectivity index (χ3n) is 6.84. The van der Waals surface area contributed by atoms with Gasteiger partial charge in [-0.3, -0.25) is 9.59 Å². The third-order valence-corrected chi connectivity index (χ3v) is 8.59. The van der Waals surface area contributed by atoms with E-state index in [1.165, 1.54) is 0 Å². The summed E-state index contributed by atoms with van der Waals surface area (Å²) in [5.74, 6) is 0.399. The Balaban J connectivity index is 1.24. The summed E-state index contributed by atoms with van der Waals surface area (Å²) >= 11 is 0. The van der Waals surface area contributed by atoms with E-state index in [1.54, 1.807) is 10.7 Å². The van der Waals surface area contributed by atoms with Gasteiger partial charge in [0.1, 0.15) is 5.82 Å². The van der Waals surface area contributed by atoms with Gasteiger partial charge in [-0.2, -0.15) is 5.10 Å². The number of sulfone groups is 1. The lowest BCUT2D eigenvalue weighted by molar-refractivity contribution is -0.121. The Labute approximate surface area is 198 Å². The first kappa shape index (κ1) is 22.6. The zero-order chi connectivity index (χ0) is 23.9. The minimum Gasteiger partial charge on any atom is -0.339 e. The molecule has 2 aromatic carbocycles. The summed E-state index contributed by atoms with van der Waals surface area (Å²) in [4.78, 5) is 28.0. The first-order chi connectivity index (χ1) is 16.3. The zero-order valence-electron chi connectivity index (χ0n) is 19.1. The van der Waals surface area contributed by atoms with Crippen LogP contribution in [-0.4, -0.2) is 59.5 Å². The maximum Gasteiger partial charge on any atom is 0.254 e. The number of aromatic nitrogens is 2. The third kappa shape index (κ3) is 4.44. The molecule has 0 saturated carbocycles. The highest BCUT2D eigenvalue weighted by atomic mass is 32.2. The number of rotatable bonds is 4. The van der Waals surface area contributed by atoms with Crippen molar-refractivity contribution in [3.05, 3.63) is 59.8 Å². The maximum atomic E-state index is 13.2. The van der Waals surface area contributed by atoms with Crippen LogP contribution in [0.5, 0.6) is 0 Å². The Hall–Kier alpha value is -3.20. The van der Waals surface area contributed by atoms with E-state index in [0.29, 0.717) is 43.7 Å². The van der Waals surface area contributed by atoms with Gasteiger partial charge in [0.25, 0.3) is 5.91 Å². The van der Waals surface area contributed by atoms with Crippen LogP contribution in [0.15, 0.2) is 48.5 Å². The van der Waals surface area contributed by atoms with Crippen molar-refractivity contribution in [2.24, 2.45) is 5.92 Å². The van der Waals surface area contributed by atoms with E-state index in [0.717, 1.165) is 16.5 Å². The second-order valence-corrected chi connectivity index (χ2v) is 11.5. The summed E-state index contributed by atoms with van der Waals surface area (Å²) in [5.41, 5.74) is 1.42. The van der Waals surface area contributed by atoms with Gasteiger partial charge in [0.15, 0.2) is 9.84 Å². The molecule has 5 rings (SSSR count). The summed E-state index contributed by atoms with van der Waals surface area (Å²) < 4.78 is 25.5. The van der Waals surface area contributed by atoms with Crippen LogP contribution in [0.4, 0.5) is 5.82 Å². The number of hydrogen-bond acceptors (Lipinski definition) is 5. The minimum absolute atomic E-state index is 0.00759. The summed E-state index contributed by atoms with van der Waals surface area (Å²) in [6.07, 6.45) is 1.65. The molecule has 34 heavy (non-hydrogen) atoms. The summed E-state index contributed by atoms with van der Waals surface area (Å²) in [6.45, 7) is 2.85. The Morgan fingerprint density at radius 1 is 1.03 bits per heavy atom. The first-order valence-corrected chi connectivity index (χ1v) is 13.5. The highest BCUT2D eigenvalue weighted by Crippen LogP contribution is 2.29. The average Bonchev–Trinajstić information content (AvgIpc) is 3.39. The van der Waals surface area contributed by atoms with E-state index in [1.807, 2.05) is 54.3 Å². The van der Waals surface area contributed by atoms with Crippen molar-refractivity contribution in [1.29, 1.82) is 0 Å². The number of aryl methyl sites for hydroxylation is 1. The lowest BCUT2D eigenvalue weighted by Crippen LogP contribution is -2.41. The normalized spacial score (nSPS) is 20.5. The van der Waals surface area contributed by atoms with Gasteiger partial charge in [0, 0.05) is 30.6 Å². The minimum atomic E-state index is -3.06. The van der Waals surface area contributed by atoms with Crippen LogP contribution in [-0.2, 0) is 14.6 Å². The summed E-state index contributed by atoms with van der Waals surface area (Å²) in [7, 11) is -3.06. The average molecular weight is 481 g/mol. The predicted molar refractivity (Wildman–Crippen MR) is 130 cm³/mol. The van der Waals surface area contributed by atoms with E-state index in [-0.39, 0.29) is 35.3 Å². The molecule has 3 aromatic rings. The molecular formula is C25H28N4O4S. The number of carbonyl (C=O) groups excluding carboxylic acids is 2. The van der Waals surface area contributed by atoms with Crippen molar-refractivity contribution in [2.45, 2.75) is 32.2 Å². The highest BCUT2D eigenvalue weighted by Gasteiger charge is 2.33. The summed E-state index contributed by atoms with van der Waals surface area (Å²) in [6, 6.07) is 15.1. The lowest BCUT2D eigenvalue weighted by atomic mass is 9.95. The SMILES string of the molecule is Cc1cc(NC(=O)C2CCN(C(=O)c3cccc4ccccc34)CC2)n(C2CCS(=O)(=O)C2)n1. The van der Waals surface area contributed by atoms with Gasteiger partial charge >= 0.3 is 0 Å². The molecule has 0 aliphatic carbocycles. The van der Waals surface area contributed by atoms with Crippen LogP contribution >= 0.6 is 0 Å². The largest absolute Gasteiger partial charge is 0.339 e. The molecule has 1 unspecified atom stereocenters. The Morgan fingerprint density at radius 3 is 2.50 bits per heavy atom. The van der Waals surface area contributed by atoms with Gasteiger partial charge in [0.2, 0.25) is 5.91 Å². The number of nitrogens with one attached hydrogen (secondary N) is 1. The van der Waals surface area contributed by atoms with Gasteiger partial charge in [0.05, 0.1) is 23.2 Å². The molecule has 9 heteroatoms. The van der Waals surface area contributed by atoms with E-state index >= 15 is 0 Å². The summed E-state index contributed by atoms with van der Waals surface area (Å²) in [5, 5.41) is 9.37. The Morgan fingerprint density at radius 2 is 1.76 bits per heavy atom. The van der Waals surface area contributed by atoms with Gasteiger partial charge in [-0.15, -0.1) is 0 Å². The van der Waals surface area contributed by atoms with Crippen LogP contribution in [0, 0.1) is 12.8 Å². The van der Waals surface area contributed by atoms with E-state index < -0.39 is 9.84 Å². The molecule has 2 fully saturated rings. The van der Waals surface area contributed by atoms with Gasteiger partial charge < -0.3 is 10.2 Å². The van der Waals surface area contributed by atoms with Crippen molar-refractivity contribution in [1.82, 2.24) is 14.7 Å². The molecule has 0 spiro atoms. The Kier molecular flexibility index (Phi) is 5.89. The van der Waals surface area contributed by atoms with Crippen LogP contribution in [0.3, 0.4) is 0 Å². The number of nitrogens with zero attached hydrogens (tertiary/aromatic N) is 3. The Bertz CT molecular complexity index is 1350. The number of anilines is 1. The van der Waals surface area contributed by atoms with E-state index in [2.05, 4.69) is 10.4 Å². The van der Waals surface area contributed by atoms with Crippen LogP contribution < -0.4 is 5.32 Å². The van der Waals surface area contributed by atoms with Crippen molar-refractivity contribution in [3.8, 4) is 0 Å². The number of hydrogen-bond donors (Lipinski definition) is 1. The molecule has 0 bridgehead atoms. The number of piperidine rings is 1. The topological polar surface area (TPSA) is 101 Å². The number of carbonyl (C=O) groups is 2. The number of likely N-dealkylation sites (tertiary alicyclic amines) is 1. The number of amides is 2. The molecule has 2 aliphatic rings. The second-order valence-electron chi connectivity index (χ2n) is 9.25. The molecular weight excluding hydrogens is 452 g/mol. The van der Waals surface area contributed by atoms with Crippen LogP contribution in [0.1, 0.15) is 41.4 Å². The quantitative estimate of drug-likeness (QED) is 0.618. The molecule has 2 saturated heterocycles. The van der Waals surface area contributed by atoms with Gasteiger partial charge in [-0.05, 0) is 43.0 Å². The smallest absolute Gasteiger partial charge is 0.254 e. The maximum absolute atomic E-state index is 13.2. The van der Waals surface area contributed by atoms with Crippen molar-refractivity contribution < 1.29 is 18.0 Å². The molecule has 2 amide bonds. The number of fused-ring (bicyclic) bond motifs is 1. The molecule has 1 atom stereocenters. The predicted octanol–water partition coefficient (Wildman–Crippen LogP) is 3.20. The monoisotopic (exact) mass is 480 g/mol. The second kappa shape index (κ2) is 8.87. The molecule has 1 aromatic heterocycles. The van der Waals surface area contributed by atoms with Crippen molar-refractivity contribution >= 4 is 38.2 Å². The van der Waals surface area contributed by atoms with E-state index in [4.69, 9.17) is 0 Å². The fraction of sp³-hybridized carbons (Fsp3) is 0.400. The van der Waals surface area contributed by atoms with Crippen molar-refractivity contribution in [3.63, 3.8) is 0 Å². The van der Waals surface area contributed by atoms with Crippen molar-refractivity contribution in [2.75, 3.05) is 29.9 Å². The fourth-order valence-corrected chi connectivity index (χ4v) is 6.70. The van der Waals surface area contributed by atoms with Gasteiger partial charge in [-0.1, -0.05) is 36.4 Å². The first-order valence-electron chi connectivity index (χ1n) is 11.7. The fourth-order valence-electron chi connectivity index (χ4n) is 5.01. The molecule has 178 valence electrons. The molecule has 8 nitrogen and oxygen atoms in total. The van der Waals surface area contributed by atoms with E-state index in [9.17, 15) is 18.0 Å². The highest BCUT2D eigenvalue weighted by molar-refractivity contribution is 7.91. The molecule has 1 N–H and O–H groups in total. The zero-order valence-corrected chi connectivity index (χ0v) is 19.9. The van der Waals surface area contributed by atoms with Crippen LogP contribution in [0.25, 0.3) is 10.8 Å².